The van der Waals surface area contributed by atoms with Gasteiger partial charge in [-0.1, -0.05) is 13.3 Å². The fraction of sp³-hybridized carbons (Fsp3) is 0.462. The van der Waals surface area contributed by atoms with Gasteiger partial charge in [-0.15, -0.1) is 11.3 Å². The first-order valence-corrected chi connectivity index (χ1v) is 7.07. The van der Waals surface area contributed by atoms with Crippen molar-refractivity contribution in [3.05, 3.63) is 21.4 Å². The zero-order chi connectivity index (χ0) is 15.3. The lowest BCUT2D eigenvalue weighted by atomic mass is 10.1. The molecule has 0 aliphatic heterocycles. The molecule has 1 aromatic heterocycles. The third kappa shape index (κ3) is 4.34. The number of hydrogen-bond acceptors (Lipinski definition) is 5. The van der Waals surface area contributed by atoms with E-state index in [0.29, 0.717) is 4.88 Å². The number of carbonyl (C=O) groups is 3. The molecule has 7 heteroatoms. The van der Waals surface area contributed by atoms with E-state index in [1.807, 2.05) is 12.2 Å². The Morgan fingerprint density at radius 1 is 1.45 bits per heavy atom. The molecule has 0 aliphatic rings. The molecule has 3 amide bonds. The summed E-state index contributed by atoms with van der Waals surface area (Å²) in [4.78, 5) is 35.4. The van der Waals surface area contributed by atoms with Gasteiger partial charge >= 0.3 is 12.0 Å². The van der Waals surface area contributed by atoms with E-state index in [1.165, 1.54) is 18.3 Å². The lowest BCUT2D eigenvalue weighted by Crippen LogP contribution is -2.42. The Balaban J connectivity index is 2.69. The van der Waals surface area contributed by atoms with Crippen molar-refractivity contribution in [2.24, 2.45) is 5.73 Å². The molecule has 1 unspecified atom stereocenters. The van der Waals surface area contributed by atoms with Gasteiger partial charge in [0.05, 0.1) is 0 Å². The smallest absolute Gasteiger partial charge is 0.349 e. The minimum Gasteiger partial charge on any atom is -0.448 e. The molecule has 0 spiro atoms. The lowest BCUT2D eigenvalue weighted by Gasteiger charge is -2.10. The number of ether oxygens (including phenoxy) is 1. The molecule has 6 nitrogen and oxygen atoms in total. The summed E-state index contributed by atoms with van der Waals surface area (Å²) in [5.41, 5.74) is 5.93. The van der Waals surface area contributed by atoms with E-state index in [4.69, 9.17) is 10.5 Å². The van der Waals surface area contributed by atoms with E-state index in [-0.39, 0.29) is 0 Å². The van der Waals surface area contributed by atoms with E-state index in [1.54, 1.807) is 6.07 Å². The number of amides is 3. The summed E-state index contributed by atoms with van der Waals surface area (Å²) in [5, 5.41) is 1.86. The number of imide groups is 1. The van der Waals surface area contributed by atoms with Crippen molar-refractivity contribution in [3.63, 3.8) is 0 Å². The Kier molecular flexibility index (Phi) is 5.69. The van der Waals surface area contributed by atoms with E-state index >= 15 is 0 Å². The van der Waals surface area contributed by atoms with Gasteiger partial charge in [0.25, 0.3) is 5.91 Å². The first-order valence-electron chi connectivity index (χ1n) is 6.25. The molecule has 0 bridgehead atoms. The van der Waals surface area contributed by atoms with Crippen molar-refractivity contribution in [1.82, 2.24) is 5.32 Å². The van der Waals surface area contributed by atoms with Gasteiger partial charge in [-0.2, -0.15) is 0 Å². The Bertz CT molecular complexity index is 524. The Labute approximate surface area is 121 Å². The average molecular weight is 298 g/mol. The largest absolute Gasteiger partial charge is 0.448 e. The molecule has 1 aromatic rings. The van der Waals surface area contributed by atoms with Gasteiger partial charge < -0.3 is 10.5 Å². The predicted molar refractivity (Wildman–Crippen MR) is 75.7 cm³/mol. The van der Waals surface area contributed by atoms with Crippen LogP contribution in [0.15, 0.2) is 6.07 Å². The predicted octanol–water partition coefficient (Wildman–Crippen LogP) is 1.75. The van der Waals surface area contributed by atoms with Crippen LogP contribution in [0.2, 0.25) is 0 Å². The molecule has 0 aromatic carbocycles. The van der Waals surface area contributed by atoms with E-state index in [9.17, 15) is 14.4 Å². The van der Waals surface area contributed by atoms with Crippen molar-refractivity contribution < 1.29 is 19.1 Å². The molecule has 1 rings (SSSR count). The monoisotopic (exact) mass is 298 g/mol. The van der Waals surface area contributed by atoms with Gasteiger partial charge in [0, 0.05) is 4.88 Å². The molecule has 110 valence electrons. The second kappa shape index (κ2) is 7.04. The highest BCUT2D eigenvalue weighted by Gasteiger charge is 2.21. The first-order chi connectivity index (χ1) is 9.35. The van der Waals surface area contributed by atoms with Crippen LogP contribution in [0.5, 0.6) is 0 Å². The summed E-state index contributed by atoms with van der Waals surface area (Å²) in [6.45, 7) is 5.38. The number of carbonyl (C=O) groups excluding carboxylic acids is 3. The molecule has 0 fully saturated rings. The fourth-order valence-corrected chi connectivity index (χ4v) is 2.59. The van der Waals surface area contributed by atoms with E-state index in [2.05, 4.69) is 6.92 Å². The summed E-state index contributed by atoms with van der Waals surface area (Å²) in [5.74, 6) is -1.32. The highest BCUT2D eigenvalue weighted by atomic mass is 32.1. The van der Waals surface area contributed by atoms with Crippen LogP contribution in [0.4, 0.5) is 4.79 Å². The second-order valence-electron chi connectivity index (χ2n) is 4.34. The maximum Gasteiger partial charge on any atom is 0.349 e. The number of thiophene rings is 1. The number of urea groups is 1. The normalized spacial score (nSPS) is 11.8. The van der Waals surface area contributed by atoms with Crippen LogP contribution in [0.3, 0.4) is 0 Å². The van der Waals surface area contributed by atoms with Crippen LogP contribution in [0.25, 0.3) is 0 Å². The molecule has 0 radical (unpaired) electrons. The number of esters is 1. The number of primary amides is 1. The standard InChI is InChI=1S/C13H18N2O4S/c1-4-5-9-6-10(20-8(9)3)12(17)19-7(2)11(16)15-13(14)18/h6-7H,4-5H2,1-3H3,(H3,14,15,16,18). The fourth-order valence-electron chi connectivity index (χ4n) is 1.63. The molecule has 0 saturated heterocycles. The number of hydrogen-bond donors (Lipinski definition) is 2. The van der Waals surface area contributed by atoms with Crippen LogP contribution in [-0.2, 0) is 16.0 Å². The van der Waals surface area contributed by atoms with Crippen molar-refractivity contribution in [2.45, 2.75) is 39.7 Å². The highest BCUT2D eigenvalue weighted by Crippen LogP contribution is 2.23. The minimum absolute atomic E-state index is 0.449. The molecular formula is C13H18N2O4S. The Hall–Kier alpha value is -1.89. The van der Waals surface area contributed by atoms with E-state index < -0.39 is 24.0 Å². The van der Waals surface area contributed by atoms with Gasteiger partial charge in [0.15, 0.2) is 6.10 Å². The number of nitrogens with one attached hydrogen (secondary N) is 1. The topological polar surface area (TPSA) is 98.5 Å². The molecule has 1 heterocycles. The van der Waals surface area contributed by atoms with Gasteiger partial charge in [-0.3, -0.25) is 10.1 Å². The summed E-state index contributed by atoms with van der Waals surface area (Å²) in [6, 6.07) is 0.806. The maximum atomic E-state index is 11.9. The van der Waals surface area contributed by atoms with Crippen LogP contribution in [0.1, 0.15) is 40.4 Å². The quantitative estimate of drug-likeness (QED) is 0.809. The highest BCUT2D eigenvalue weighted by molar-refractivity contribution is 7.14. The maximum absolute atomic E-state index is 11.9. The minimum atomic E-state index is -1.08. The number of nitrogens with two attached hydrogens (primary N) is 1. The van der Waals surface area contributed by atoms with Crippen LogP contribution in [0, 0.1) is 6.92 Å². The average Bonchev–Trinajstić information content (AvgIpc) is 2.70. The Morgan fingerprint density at radius 2 is 2.10 bits per heavy atom. The van der Waals surface area contributed by atoms with Crippen molar-refractivity contribution in [3.8, 4) is 0 Å². The first kappa shape index (κ1) is 16.2. The second-order valence-corrected chi connectivity index (χ2v) is 5.60. The number of aryl methyl sites for hydroxylation is 2. The Morgan fingerprint density at radius 3 is 2.65 bits per heavy atom. The molecule has 3 N–H and O–H groups in total. The summed E-state index contributed by atoms with van der Waals surface area (Å²) in [7, 11) is 0. The molecule has 20 heavy (non-hydrogen) atoms. The van der Waals surface area contributed by atoms with Crippen molar-refractivity contribution in [2.75, 3.05) is 0 Å². The molecule has 1 atom stereocenters. The van der Waals surface area contributed by atoms with Crippen molar-refractivity contribution >= 4 is 29.2 Å². The van der Waals surface area contributed by atoms with Crippen LogP contribution in [-0.4, -0.2) is 24.0 Å². The SMILES string of the molecule is CCCc1cc(C(=O)OC(C)C(=O)NC(N)=O)sc1C. The van der Waals surface area contributed by atoms with Gasteiger partial charge in [0.2, 0.25) is 0 Å². The van der Waals surface area contributed by atoms with Gasteiger partial charge in [-0.25, -0.2) is 9.59 Å². The van der Waals surface area contributed by atoms with Crippen LogP contribution >= 0.6 is 11.3 Å². The van der Waals surface area contributed by atoms with E-state index in [0.717, 1.165) is 23.3 Å². The zero-order valence-electron chi connectivity index (χ0n) is 11.7. The zero-order valence-corrected chi connectivity index (χ0v) is 12.5. The summed E-state index contributed by atoms with van der Waals surface area (Å²) in [6.07, 6.45) is 0.809. The molecule has 0 saturated carbocycles. The van der Waals surface area contributed by atoms with Gasteiger partial charge in [0.1, 0.15) is 4.88 Å². The summed E-state index contributed by atoms with van der Waals surface area (Å²) >= 11 is 1.33. The molecular weight excluding hydrogens is 280 g/mol. The summed E-state index contributed by atoms with van der Waals surface area (Å²) < 4.78 is 5.00. The van der Waals surface area contributed by atoms with Gasteiger partial charge in [-0.05, 0) is 31.9 Å². The third-order valence-corrected chi connectivity index (χ3v) is 3.71. The number of rotatable bonds is 5. The molecule has 0 aliphatic carbocycles. The third-order valence-electron chi connectivity index (χ3n) is 2.64. The lowest BCUT2D eigenvalue weighted by molar-refractivity contribution is -0.127. The van der Waals surface area contributed by atoms with Crippen LogP contribution < -0.4 is 11.1 Å². The van der Waals surface area contributed by atoms with Crippen molar-refractivity contribution in [1.29, 1.82) is 0 Å².